The molecule has 6 nitrogen and oxygen atoms in total. The highest BCUT2D eigenvalue weighted by atomic mass is 35.5. The third kappa shape index (κ3) is 4.71. The summed E-state index contributed by atoms with van der Waals surface area (Å²) >= 11 is 5.66. The summed E-state index contributed by atoms with van der Waals surface area (Å²) in [5.74, 6) is -1.54. The fraction of sp³-hybridized carbons (Fsp3) is 0.385. The highest BCUT2D eigenvalue weighted by molar-refractivity contribution is 6.30. The van der Waals surface area contributed by atoms with Crippen molar-refractivity contribution >= 4 is 23.5 Å². The highest BCUT2D eigenvalue weighted by Gasteiger charge is 2.20. The van der Waals surface area contributed by atoms with Crippen molar-refractivity contribution in [2.75, 3.05) is 20.3 Å². The molecule has 0 bridgehead atoms. The first-order valence-electron chi connectivity index (χ1n) is 5.92. The molecule has 2 N–H and O–H groups in total. The van der Waals surface area contributed by atoms with Gasteiger partial charge in [0.15, 0.2) is 6.10 Å². The minimum absolute atomic E-state index is 0.0501. The molecule has 0 aromatic heterocycles. The maximum atomic E-state index is 11.8. The van der Waals surface area contributed by atoms with E-state index in [0.29, 0.717) is 18.2 Å². The van der Waals surface area contributed by atoms with Crippen LogP contribution in [-0.4, -0.2) is 43.3 Å². The number of halogens is 1. The van der Waals surface area contributed by atoms with Crippen LogP contribution in [0.15, 0.2) is 18.2 Å². The van der Waals surface area contributed by atoms with Gasteiger partial charge in [-0.25, -0.2) is 4.79 Å². The summed E-state index contributed by atoms with van der Waals surface area (Å²) in [6.07, 6.45) is -0.977. The molecule has 20 heavy (non-hydrogen) atoms. The molecule has 0 unspecified atom stereocenters. The Kier molecular flexibility index (Phi) is 6.27. The maximum absolute atomic E-state index is 11.8. The molecule has 0 saturated carbocycles. The molecule has 1 atom stereocenters. The van der Waals surface area contributed by atoms with Crippen LogP contribution in [0.4, 0.5) is 0 Å². The van der Waals surface area contributed by atoms with Gasteiger partial charge in [-0.1, -0.05) is 11.6 Å². The van der Waals surface area contributed by atoms with Crippen molar-refractivity contribution in [3.05, 3.63) is 28.8 Å². The molecular formula is C13H16ClNO5. The minimum Gasteiger partial charge on any atom is -0.507 e. The molecule has 0 aliphatic rings. The lowest BCUT2D eigenvalue weighted by Gasteiger charge is -2.13. The van der Waals surface area contributed by atoms with Crippen LogP contribution >= 0.6 is 11.6 Å². The van der Waals surface area contributed by atoms with Crippen LogP contribution in [0, 0.1) is 0 Å². The largest absolute Gasteiger partial charge is 0.507 e. The van der Waals surface area contributed by atoms with Crippen LogP contribution < -0.4 is 5.32 Å². The molecule has 0 aliphatic carbocycles. The quantitative estimate of drug-likeness (QED) is 0.612. The highest BCUT2D eigenvalue weighted by Crippen LogP contribution is 2.22. The lowest BCUT2D eigenvalue weighted by Crippen LogP contribution is -2.37. The average molecular weight is 302 g/mol. The molecule has 1 rings (SSSR count). The van der Waals surface area contributed by atoms with Crippen molar-refractivity contribution in [2.45, 2.75) is 13.0 Å². The Morgan fingerprint density at radius 3 is 2.75 bits per heavy atom. The Balaban J connectivity index is 2.58. The molecule has 0 heterocycles. The Bertz CT molecular complexity index is 492. The van der Waals surface area contributed by atoms with Crippen LogP contribution in [0.2, 0.25) is 5.02 Å². The van der Waals surface area contributed by atoms with E-state index in [-0.39, 0.29) is 11.3 Å². The molecule has 0 fully saturated rings. The van der Waals surface area contributed by atoms with Gasteiger partial charge in [0.05, 0.1) is 6.61 Å². The number of phenols is 1. The Morgan fingerprint density at radius 2 is 2.15 bits per heavy atom. The van der Waals surface area contributed by atoms with E-state index in [4.69, 9.17) is 21.1 Å². The van der Waals surface area contributed by atoms with Crippen molar-refractivity contribution in [3.8, 4) is 5.75 Å². The second kappa shape index (κ2) is 7.72. The average Bonchev–Trinajstić information content (AvgIpc) is 2.38. The fourth-order valence-corrected chi connectivity index (χ4v) is 1.54. The predicted molar refractivity (Wildman–Crippen MR) is 72.9 cm³/mol. The minimum atomic E-state index is -0.977. The summed E-state index contributed by atoms with van der Waals surface area (Å²) in [7, 11) is 1.51. The predicted octanol–water partition coefficient (Wildman–Crippen LogP) is 1.35. The number of aromatic hydroxyl groups is 1. The van der Waals surface area contributed by atoms with Crippen molar-refractivity contribution in [2.24, 2.45) is 0 Å². The van der Waals surface area contributed by atoms with E-state index >= 15 is 0 Å². The fourth-order valence-electron chi connectivity index (χ4n) is 1.37. The zero-order valence-electron chi connectivity index (χ0n) is 11.2. The third-order valence-electron chi connectivity index (χ3n) is 2.44. The van der Waals surface area contributed by atoms with Crippen molar-refractivity contribution in [1.82, 2.24) is 5.32 Å². The molecular weight excluding hydrogens is 286 g/mol. The smallest absolute Gasteiger partial charge is 0.342 e. The number of carbonyl (C=O) groups excluding carboxylic acids is 2. The van der Waals surface area contributed by atoms with Gasteiger partial charge < -0.3 is 19.9 Å². The number of nitrogens with one attached hydrogen (secondary N) is 1. The molecule has 1 aromatic rings. The number of benzene rings is 1. The van der Waals surface area contributed by atoms with Crippen molar-refractivity contribution in [3.63, 3.8) is 0 Å². The summed E-state index contributed by atoms with van der Waals surface area (Å²) in [6, 6.07) is 4.00. The zero-order valence-corrected chi connectivity index (χ0v) is 11.9. The number of methoxy groups -OCH3 is 1. The van der Waals surface area contributed by atoms with Crippen molar-refractivity contribution in [1.29, 1.82) is 0 Å². The number of hydrogen-bond acceptors (Lipinski definition) is 5. The monoisotopic (exact) mass is 301 g/mol. The number of hydrogen-bond donors (Lipinski definition) is 2. The molecule has 0 radical (unpaired) electrons. The Morgan fingerprint density at radius 1 is 1.45 bits per heavy atom. The second-order valence-electron chi connectivity index (χ2n) is 3.99. The van der Waals surface area contributed by atoms with E-state index in [9.17, 15) is 14.7 Å². The number of ether oxygens (including phenoxy) is 2. The van der Waals surface area contributed by atoms with E-state index in [0.717, 1.165) is 0 Å². The Hall–Kier alpha value is -1.79. The Labute approximate surface area is 121 Å². The van der Waals surface area contributed by atoms with E-state index in [1.807, 2.05) is 0 Å². The SMILES string of the molecule is COCCNC(=O)[C@@H](C)OC(=O)c1ccc(Cl)cc1O. The van der Waals surface area contributed by atoms with Gasteiger partial charge >= 0.3 is 5.97 Å². The molecule has 0 aliphatic heterocycles. The van der Waals surface area contributed by atoms with Gasteiger partial charge in [-0.05, 0) is 25.1 Å². The summed E-state index contributed by atoms with van der Waals surface area (Å²) in [5, 5.41) is 12.4. The normalized spacial score (nSPS) is 11.8. The molecule has 7 heteroatoms. The van der Waals surface area contributed by atoms with Crippen LogP contribution in [0.25, 0.3) is 0 Å². The molecule has 110 valence electrons. The number of phenolic OH excluding ortho intramolecular Hbond substituents is 1. The summed E-state index contributed by atoms with van der Waals surface area (Å²) in [4.78, 5) is 23.4. The summed E-state index contributed by atoms with van der Waals surface area (Å²) in [6.45, 7) is 2.13. The first-order valence-corrected chi connectivity index (χ1v) is 6.29. The molecule has 0 spiro atoms. The van der Waals surface area contributed by atoms with Gasteiger partial charge in [0.2, 0.25) is 0 Å². The van der Waals surface area contributed by atoms with Gasteiger partial charge in [-0.3, -0.25) is 4.79 Å². The number of carbonyl (C=O) groups is 2. The molecule has 1 aromatic carbocycles. The molecule has 1 amide bonds. The van der Waals surface area contributed by atoms with Crippen LogP contribution in [-0.2, 0) is 14.3 Å². The first-order chi connectivity index (χ1) is 9.45. The van der Waals surface area contributed by atoms with Gasteiger partial charge in [0.25, 0.3) is 5.91 Å². The van der Waals surface area contributed by atoms with E-state index in [1.165, 1.54) is 32.2 Å². The summed E-state index contributed by atoms with van der Waals surface area (Å²) < 4.78 is 9.74. The zero-order chi connectivity index (χ0) is 15.1. The number of amides is 1. The summed E-state index contributed by atoms with van der Waals surface area (Å²) in [5.41, 5.74) is -0.0501. The van der Waals surface area contributed by atoms with Crippen LogP contribution in [0.5, 0.6) is 5.75 Å². The number of esters is 1. The van der Waals surface area contributed by atoms with Gasteiger partial charge in [-0.2, -0.15) is 0 Å². The second-order valence-corrected chi connectivity index (χ2v) is 4.43. The van der Waals surface area contributed by atoms with Crippen LogP contribution in [0.3, 0.4) is 0 Å². The lowest BCUT2D eigenvalue weighted by molar-refractivity contribution is -0.129. The standard InChI is InChI=1S/C13H16ClNO5/c1-8(12(17)15-5-6-19-2)20-13(18)10-4-3-9(14)7-11(10)16/h3-4,7-8,16H,5-6H2,1-2H3,(H,15,17)/t8-/m1/s1. The van der Waals surface area contributed by atoms with Gasteiger partial charge in [0, 0.05) is 18.7 Å². The van der Waals surface area contributed by atoms with Gasteiger partial charge in [0.1, 0.15) is 11.3 Å². The molecule has 0 saturated heterocycles. The van der Waals surface area contributed by atoms with E-state index < -0.39 is 18.0 Å². The van der Waals surface area contributed by atoms with E-state index in [2.05, 4.69) is 5.32 Å². The first kappa shape index (κ1) is 16.3. The topological polar surface area (TPSA) is 84.9 Å². The number of rotatable bonds is 6. The lowest BCUT2D eigenvalue weighted by atomic mass is 10.2. The van der Waals surface area contributed by atoms with Gasteiger partial charge in [-0.15, -0.1) is 0 Å². The van der Waals surface area contributed by atoms with Crippen molar-refractivity contribution < 1.29 is 24.2 Å². The van der Waals surface area contributed by atoms with Crippen LogP contribution in [0.1, 0.15) is 17.3 Å². The van der Waals surface area contributed by atoms with E-state index in [1.54, 1.807) is 0 Å². The maximum Gasteiger partial charge on any atom is 0.342 e. The third-order valence-corrected chi connectivity index (χ3v) is 2.67.